The van der Waals surface area contributed by atoms with Crippen molar-refractivity contribution in [2.45, 2.75) is 45.8 Å². The second-order valence-electron chi connectivity index (χ2n) is 5.77. The van der Waals surface area contributed by atoms with E-state index >= 15 is 0 Å². The average molecular weight is 288 g/mol. The van der Waals surface area contributed by atoms with Gasteiger partial charge in [-0.05, 0) is 23.5 Å². The first-order chi connectivity index (χ1) is 9.10. The summed E-state index contributed by atoms with van der Waals surface area (Å²) in [5.41, 5.74) is -0.260. The van der Waals surface area contributed by atoms with Gasteiger partial charge in [-0.15, -0.1) is 0 Å². The number of carbonyl (C=O) groups excluding carboxylic acids is 1. The van der Waals surface area contributed by atoms with Crippen LogP contribution in [0.3, 0.4) is 0 Å². The van der Waals surface area contributed by atoms with Gasteiger partial charge in [-0.3, -0.25) is 9.78 Å². The first kappa shape index (κ1) is 16.5. The Morgan fingerprint density at radius 2 is 2.00 bits per heavy atom. The van der Waals surface area contributed by atoms with Crippen molar-refractivity contribution < 1.29 is 18.0 Å². The molecule has 0 aliphatic rings. The van der Waals surface area contributed by atoms with Gasteiger partial charge in [0.2, 0.25) is 5.91 Å². The van der Waals surface area contributed by atoms with Crippen molar-refractivity contribution in [2.75, 3.05) is 0 Å². The summed E-state index contributed by atoms with van der Waals surface area (Å²) in [6, 6.07) is 1.66. The van der Waals surface area contributed by atoms with Crippen LogP contribution in [0.15, 0.2) is 24.5 Å². The van der Waals surface area contributed by atoms with Crippen LogP contribution in [-0.2, 0) is 11.2 Å². The number of hydrogen-bond donors (Lipinski definition) is 1. The van der Waals surface area contributed by atoms with Gasteiger partial charge in [-0.25, -0.2) is 0 Å². The smallest absolute Gasteiger partial charge is 0.344 e. The minimum Gasteiger partial charge on any atom is -0.344 e. The summed E-state index contributed by atoms with van der Waals surface area (Å²) < 4.78 is 38.7. The number of amides is 1. The van der Waals surface area contributed by atoms with Crippen molar-refractivity contribution in [3.8, 4) is 0 Å². The first-order valence-electron chi connectivity index (χ1n) is 6.35. The maximum atomic E-state index is 12.9. The number of nitrogens with zero attached hydrogens (tertiary/aromatic N) is 1. The molecule has 0 radical (unpaired) electrons. The number of carbonyl (C=O) groups is 1. The molecule has 1 heterocycles. The third-order valence-corrected chi connectivity index (χ3v) is 2.86. The lowest BCUT2D eigenvalue weighted by molar-refractivity contribution is -0.180. The van der Waals surface area contributed by atoms with Crippen LogP contribution in [0.2, 0.25) is 0 Å². The zero-order chi connectivity index (χ0) is 15.4. The zero-order valence-corrected chi connectivity index (χ0v) is 11.8. The minimum absolute atomic E-state index is 0.00829. The molecular formula is C14H19F3N2O. The van der Waals surface area contributed by atoms with Gasteiger partial charge in [0.1, 0.15) is 6.04 Å². The average Bonchev–Trinajstić information content (AvgIpc) is 2.32. The van der Waals surface area contributed by atoms with Crippen molar-refractivity contribution >= 4 is 5.91 Å². The highest BCUT2D eigenvalue weighted by Gasteiger charge is 2.47. The predicted molar refractivity (Wildman–Crippen MR) is 70.0 cm³/mol. The second-order valence-corrected chi connectivity index (χ2v) is 5.77. The van der Waals surface area contributed by atoms with Crippen LogP contribution in [0.25, 0.3) is 0 Å². The number of aryl methyl sites for hydroxylation is 1. The monoisotopic (exact) mass is 288 g/mol. The summed E-state index contributed by atoms with van der Waals surface area (Å²) in [6.07, 6.45) is -0.883. The highest BCUT2D eigenvalue weighted by molar-refractivity contribution is 5.76. The summed E-state index contributed by atoms with van der Waals surface area (Å²) in [7, 11) is 0. The Balaban J connectivity index is 2.59. The molecule has 0 aliphatic heterocycles. The topological polar surface area (TPSA) is 42.0 Å². The molecule has 0 fully saturated rings. The van der Waals surface area contributed by atoms with E-state index in [2.05, 4.69) is 10.3 Å². The van der Waals surface area contributed by atoms with Crippen LogP contribution in [0.1, 0.15) is 32.8 Å². The highest BCUT2D eigenvalue weighted by Crippen LogP contribution is 2.33. The summed E-state index contributed by atoms with van der Waals surface area (Å²) >= 11 is 0. The van der Waals surface area contributed by atoms with Crippen molar-refractivity contribution in [3.63, 3.8) is 0 Å². The standard InChI is InChI=1S/C14H19F3N2O/c1-13(2,3)12(14(15,16)17)19-11(20)7-6-10-5-4-8-18-9-10/h4-5,8-9,12H,6-7H2,1-3H3,(H,19,20)/t12-/m1/s1. The molecule has 1 atom stereocenters. The summed E-state index contributed by atoms with van der Waals surface area (Å²) in [5.74, 6) is -0.605. The molecule has 1 aromatic heterocycles. The van der Waals surface area contributed by atoms with Crippen molar-refractivity contribution in [1.82, 2.24) is 10.3 Å². The van der Waals surface area contributed by atoms with Gasteiger partial charge in [-0.1, -0.05) is 26.8 Å². The molecule has 0 saturated heterocycles. The number of hydrogen-bond acceptors (Lipinski definition) is 2. The van der Waals surface area contributed by atoms with E-state index < -0.39 is 23.5 Å². The van der Waals surface area contributed by atoms with Crippen LogP contribution in [0.5, 0.6) is 0 Å². The maximum absolute atomic E-state index is 12.9. The molecule has 6 heteroatoms. The van der Waals surface area contributed by atoms with E-state index in [0.717, 1.165) is 5.56 Å². The van der Waals surface area contributed by atoms with Gasteiger partial charge < -0.3 is 5.32 Å². The Kier molecular flexibility index (Phi) is 5.14. The van der Waals surface area contributed by atoms with E-state index in [1.807, 2.05) is 0 Å². The van der Waals surface area contributed by atoms with Crippen LogP contribution in [0.4, 0.5) is 13.2 Å². The predicted octanol–water partition coefficient (Wildman–Crippen LogP) is 3.11. The van der Waals surface area contributed by atoms with Gasteiger partial charge in [0.15, 0.2) is 0 Å². The highest BCUT2D eigenvalue weighted by atomic mass is 19.4. The van der Waals surface area contributed by atoms with Crippen molar-refractivity contribution in [3.05, 3.63) is 30.1 Å². The molecular weight excluding hydrogens is 269 g/mol. The molecule has 1 N–H and O–H groups in total. The van der Waals surface area contributed by atoms with E-state index in [9.17, 15) is 18.0 Å². The fourth-order valence-electron chi connectivity index (χ4n) is 1.83. The van der Waals surface area contributed by atoms with E-state index in [-0.39, 0.29) is 6.42 Å². The number of aromatic nitrogens is 1. The van der Waals surface area contributed by atoms with Crippen molar-refractivity contribution in [2.24, 2.45) is 5.41 Å². The lowest BCUT2D eigenvalue weighted by Crippen LogP contribution is -2.53. The largest absolute Gasteiger partial charge is 0.409 e. The number of pyridine rings is 1. The zero-order valence-electron chi connectivity index (χ0n) is 11.8. The molecule has 20 heavy (non-hydrogen) atoms. The Hall–Kier alpha value is -1.59. The lowest BCUT2D eigenvalue weighted by Gasteiger charge is -2.33. The second kappa shape index (κ2) is 6.24. The minimum atomic E-state index is -4.46. The van der Waals surface area contributed by atoms with Crippen molar-refractivity contribution in [1.29, 1.82) is 0 Å². The Morgan fingerprint density at radius 3 is 2.45 bits per heavy atom. The molecule has 0 bridgehead atoms. The molecule has 1 aromatic rings. The normalized spacial score (nSPS) is 13.9. The van der Waals surface area contributed by atoms with Gasteiger partial charge >= 0.3 is 6.18 Å². The Morgan fingerprint density at radius 1 is 1.35 bits per heavy atom. The molecule has 1 rings (SSSR count). The molecule has 112 valence electrons. The van der Waals surface area contributed by atoms with Crippen LogP contribution >= 0.6 is 0 Å². The fourth-order valence-corrected chi connectivity index (χ4v) is 1.83. The summed E-state index contributed by atoms with van der Waals surface area (Å²) in [4.78, 5) is 15.6. The summed E-state index contributed by atoms with van der Waals surface area (Å²) in [5, 5.41) is 2.08. The Bertz CT molecular complexity index is 424. The molecule has 3 nitrogen and oxygen atoms in total. The van der Waals surface area contributed by atoms with Gasteiger partial charge in [0, 0.05) is 18.8 Å². The van der Waals surface area contributed by atoms with Gasteiger partial charge in [-0.2, -0.15) is 13.2 Å². The van der Waals surface area contributed by atoms with E-state index in [1.54, 1.807) is 24.5 Å². The summed E-state index contributed by atoms with van der Waals surface area (Å²) in [6.45, 7) is 4.35. The third-order valence-electron chi connectivity index (χ3n) is 2.86. The molecule has 0 unspecified atom stereocenters. The van der Waals surface area contributed by atoms with E-state index in [0.29, 0.717) is 6.42 Å². The SMILES string of the molecule is CC(C)(C)[C@@H](NC(=O)CCc1cccnc1)C(F)(F)F. The third kappa shape index (κ3) is 5.19. The molecule has 1 amide bonds. The number of halogens is 3. The van der Waals surface area contributed by atoms with E-state index in [4.69, 9.17) is 0 Å². The van der Waals surface area contributed by atoms with Gasteiger partial charge in [0.05, 0.1) is 0 Å². The number of nitrogens with one attached hydrogen (secondary N) is 1. The first-order valence-corrected chi connectivity index (χ1v) is 6.35. The van der Waals surface area contributed by atoms with Gasteiger partial charge in [0.25, 0.3) is 0 Å². The number of alkyl halides is 3. The Labute approximate surface area is 116 Å². The maximum Gasteiger partial charge on any atom is 0.409 e. The molecule has 0 saturated carbocycles. The lowest BCUT2D eigenvalue weighted by atomic mass is 9.86. The quantitative estimate of drug-likeness (QED) is 0.925. The van der Waals surface area contributed by atoms with E-state index in [1.165, 1.54) is 20.8 Å². The van der Waals surface area contributed by atoms with Crippen LogP contribution < -0.4 is 5.32 Å². The molecule has 0 aliphatic carbocycles. The van der Waals surface area contributed by atoms with Crippen LogP contribution in [-0.4, -0.2) is 23.1 Å². The number of rotatable bonds is 4. The molecule has 0 aromatic carbocycles. The van der Waals surface area contributed by atoms with Crippen LogP contribution in [0, 0.1) is 5.41 Å². The molecule has 0 spiro atoms. The fraction of sp³-hybridized carbons (Fsp3) is 0.571.